The highest BCUT2D eigenvalue weighted by atomic mass is 35.5. The molecule has 0 atom stereocenters. The van der Waals surface area contributed by atoms with Gasteiger partial charge in [-0.25, -0.2) is 9.97 Å². The fourth-order valence-corrected chi connectivity index (χ4v) is 3.30. The van der Waals surface area contributed by atoms with E-state index in [0.717, 1.165) is 16.9 Å². The zero-order valence-corrected chi connectivity index (χ0v) is 19.0. The van der Waals surface area contributed by atoms with Crippen LogP contribution in [0.1, 0.15) is 11.1 Å². The molecule has 0 saturated heterocycles. The lowest BCUT2D eigenvalue weighted by Gasteiger charge is -2.12. The minimum atomic E-state index is 0.108. The van der Waals surface area contributed by atoms with Crippen LogP contribution in [0.3, 0.4) is 0 Å². The number of hydrogen-bond donors (Lipinski definition) is 1. The average Bonchev–Trinajstić information content (AvgIpc) is 3.13. The second-order valence-electron chi connectivity index (χ2n) is 6.96. The van der Waals surface area contributed by atoms with Crippen molar-refractivity contribution in [2.24, 2.45) is 7.05 Å². The molecule has 0 amide bonds. The molecule has 0 fully saturated rings. The largest absolute Gasteiger partial charge is 0.491 e. The van der Waals surface area contributed by atoms with Gasteiger partial charge in [-0.2, -0.15) is 5.10 Å². The quantitative estimate of drug-likeness (QED) is 0.306. The third kappa shape index (κ3) is 7.16. The normalized spacial score (nSPS) is 11.1. The molecule has 0 saturated carbocycles. The molecule has 2 aromatic heterocycles. The first-order valence-electron chi connectivity index (χ1n) is 10.2. The number of ether oxygens (including phenoxy) is 4. The number of para-hydroxylation sites is 1. The van der Waals surface area contributed by atoms with E-state index in [9.17, 15) is 0 Å². The molecule has 0 aliphatic carbocycles. The Morgan fingerprint density at radius 2 is 1.69 bits per heavy atom. The Bertz CT molecular complexity index is 978. The van der Waals surface area contributed by atoms with Gasteiger partial charge in [0.15, 0.2) is 0 Å². The van der Waals surface area contributed by atoms with E-state index in [1.165, 1.54) is 0 Å². The minimum absolute atomic E-state index is 0.108. The lowest BCUT2D eigenvalue weighted by atomic mass is 10.0. The zero-order chi connectivity index (χ0) is 22.8. The zero-order valence-electron chi connectivity index (χ0n) is 18.3. The molecule has 2 N–H and O–H groups in total. The first kappa shape index (κ1) is 23.9. The number of aromatic nitrogens is 4. The molecular weight excluding hydrogens is 434 g/mol. The van der Waals surface area contributed by atoms with Gasteiger partial charge in [0.2, 0.25) is 5.95 Å². The molecular formula is C22H28ClN5O4. The van der Waals surface area contributed by atoms with Crippen LogP contribution in [0.5, 0.6) is 5.75 Å². The van der Waals surface area contributed by atoms with Gasteiger partial charge in [0.1, 0.15) is 23.2 Å². The van der Waals surface area contributed by atoms with E-state index in [-0.39, 0.29) is 11.1 Å². The highest BCUT2D eigenvalue weighted by molar-refractivity contribution is 6.29. The minimum Gasteiger partial charge on any atom is -0.491 e. The first-order chi connectivity index (χ1) is 15.6. The van der Waals surface area contributed by atoms with Crippen molar-refractivity contribution < 1.29 is 18.9 Å². The van der Waals surface area contributed by atoms with Gasteiger partial charge < -0.3 is 24.7 Å². The van der Waals surface area contributed by atoms with Crippen molar-refractivity contribution in [1.29, 1.82) is 0 Å². The van der Waals surface area contributed by atoms with Gasteiger partial charge in [-0.05, 0) is 11.6 Å². The average molecular weight is 462 g/mol. The molecule has 0 aliphatic rings. The van der Waals surface area contributed by atoms with Gasteiger partial charge in [-0.3, -0.25) is 4.68 Å². The molecule has 32 heavy (non-hydrogen) atoms. The van der Waals surface area contributed by atoms with Crippen molar-refractivity contribution in [2.45, 2.75) is 6.42 Å². The summed E-state index contributed by atoms with van der Waals surface area (Å²) >= 11 is 6.06. The summed E-state index contributed by atoms with van der Waals surface area (Å²) in [5, 5.41) is 4.82. The summed E-state index contributed by atoms with van der Waals surface area (Å²) in [6.45, 7) is 3.09. The molecule has 0 aliphatic heterocycles. The fraction of sp³-hybridized carbons (Fsp3) is 0.409. The number of nitrogen functional groups attached to an aromatic ring is 1. The van der Waals surface area contributed by atoms with Crippen molar-refractivity contribution in [3.05, 3.63) is 52.8 Å². The van der Waals surface area contributed by atoms with Gasteiger partial charge in [-0.15, -0.1) is 0 Å². The smallest absolute Gasteiger partial charge is 0.222 e. The first-order valence-corrected chi connectivity index (χ1v) is 10.6. The van der Waals surface area contributed by atoms with Crippen LogP contribution in [0.15, 0.2) is 36.5 Å². The number of aryl methyl sites for hydroxylation is 1. The molecule has 0 bridgehead atoms. The molecule has 0 unspecified atom stereocenters. The summed E-state index contributed by atoms with van der Waals surface area (Å²) in [5.41, 5.74) is 9.05. The molecule has 1 aromatic carbocycles. The molecule has 3 rings (SSSR count). The Hall–Kier alpha value is -2.72. The van der Waals surface area contributed by atoms with Crippen LogP contribution in [0.2, 0.25) is 5.15 Å². The van der Waals surface area contributed by atoms with E-state index >= 15 is 0 Å². The Balaban J connectivity index is 1.60. The molecule has 3 aromatic rings. The number of nitrogens with two attached hydrogens (primary N) is 1. The Morgan fingerprint density at radius 1 is 0.969 bits per heavy atom. The summed E-state index contributed by atoms with van der Waals surface area (Å²) in [6, 6.07) is 9.54. The van der Waals surface area contributed by atoms with Crippen LogP contribution < -0.4 is 10.5 Å². The van der Waals surface area contributed by atoms with Gasteiger partial charge in [0.05, 0.1) is 38.7 Å². The maximum atomic E-state index is 6.06. The Labute approximate surface area is 192 Å². The van der Waals surface area contributed by atoms with E-state index in [1.54, 1.807) is 17.9 Å². The van der Waals surface area contributed by atoms with Crippen LogP contribution in [-0.2, 0) is 27.7 Å². The van der Waals surface area contributed by atoms with E-state index in [0.29, 0.717) is 57.4 Å². The number of rotatable bonds is 13. The van der Waals surface area contributed by atoms with E-state index in [4.69, 9.17) is 36.3 Å². The van der Waals surface area contributed by atoms with Gasteiger partial charge >= 0.3 is 0 Å². The predicted molar refractivity (Wildman–Crippen MR) is 122 cm³/mol. The second kappa shape index (κ2) is 12.4. The Morgan fingerprint density at radius 3 is 2.44 bits per heavy atom. The molecule has 9 nitrogen and oxygen atoms in total. The summed E-state index contributed by atoms with van der Waals surface area (Å²) in [5.74, 6) is 0.902. The predicted octanol–water partition coefficient (Wildman–Crippen LogP) is 2.76. The van der Waals surface area contributed by atoms with E-state index in [1.807, 2.05) is 37.5 Å². The van der Waals surface area contributed by atoms with Crippen LogP contribution >= 0.6 is 11.6 Å². The summed E-state index contributed by atoms with van der Waals surface area (Å²) in [4.78, 5) is 8.21. The van der Waals surface area contributed by atoms with Crippen molar-refractivity contribution in [2.75, 3.05) is 52.5 Å². The number of anilines is 1. The van der Waals surface area contributed by atoms with E-state index in [2.05, 4.69) is 15.1 Å². The van der Waals surface area contributed by atoms with Crippen LogP contribution in [-0.4, -0.2) is 66.5 Å². The molecule has 0 radical (unpaired) electrons. The van der Waals surface area contributed by atoms with Crippen LogP contribution in [0.4, 0.5) is 5.95 Å². The maximum Gasteiger partial charge on any atom is 0.222 e. The highest BCUT2D eigenvalue weighted by Crippen LogP contribution is 2.28. The fourth-order valence-electron chi connectivity index (χ4n) is 3.11. The SMILES string of the molecule is COCCOCCOCCOc1ccccc1Cc1cn(C)nc1-c1cc(Cl)nc(N)n1. The monoisotopic (exact) mass is 461 g/mol. The summed E-state index contributed by atoms with van der Waals surface area (Å²) in [7, 11) is 3.50. The lowest BCUT2D eigenvalue weighted by molar-refractivity contribution is 0.0179. The number of methoxy groups -OCH3 is 1. The van der Waals surface area contributed by atoms with E-state index < -0.39 is 0 Å². The highest BCUT2D eigenvalue weighted by Gasteiger charge is 2.15. The number of hydrogen-bond acceptors (Lipinski definition) is 8. The molecule has 0 spiro atoms. The van der Waals surface area contributed by atoms with Crippen molar-refractivity contribution in [1.82, 2.24) is 19.7 Å². The standard InChI is InChI=1S/C22H28ClN5O4/c1-28-15-17(21(27-28)18-14-20(23)26-22(24)25-18)13-16-5-3-4-6-19(16)32-12-11-31-10-9-30-8-7-29-2/h3-6,14-15H,7-13H2,1-2H3,(H2,24,25,26). The third-order valence-corrected chi connectivity index (χ3v) is 4.70. The van der Waals surface area contributed by atoms with Gasteiger partial charge in [0, 0.05) is 38.4 Å². The number of nitrogens with zero attached hydrogens (tertiary/aromatic N) is 4. The van der Waals surface area contributed by atoms with Crippen molar-refractivity contribution in [3.63, 3.8) is 0 Å². The summed E-state index contributed by atoms with van der Waals surface area (Å²) in [6.07, 6.45) is 2.56. The van der Waals surface area contributed by atoms with Crippen LogP contribution in [0, 0.1) is 0 Å². The molecule has 172 valence electrons. The number of benzene rings is 1. The van der Waals surface area contributed by atoms with Crippen LogP contribution in [0.25, 0.3) is 11.4 Å². The summed E-state index contributed by atoms with van der Waals surface area (Å²) < 4.78 is 23.5. The molecule has 10 heteroatoms. The molecule has 2 heterocycles. The van der Waals surface area contributed by atoms with Gasteiger partial charge in [-0.1, -0.05) is 29.8 Å². The topological polar surface area (TPSA) is 107 Å². The third-order valence-electron chi connectivity index (χ3n) is 4.50. The van der Waals surface area contributed by atoms with Crippen molar-refractivity contribution in [3.8, 4) is 17.1 Å². The maximum absolute atomic E-state index is 6.06. The van der Waals surface area contributed by atoms with Crippen molar-refractivity contribution >= 4 is 17.5 Å². The lowest BCUT2D eigenvalue weighted by Crippen LogP contribution is -2.12. The second-order valence-corrected chi connectivity index (χ2v) is 7.35. The Kier molecular flexibility index (Phi) is 9.24. The van der Waals surface area contributed by atoms with Gasteiger partial charge in [0.25, 0.3) is 0 Å². The number of halogens is 1.